The number of benzene rings is 3. The second kappa shape index (κ2) is 12.4. The van der Waals surface area contributed by atoms with Crippen LogP contribution in [-0.2, 0) is 26.2 Å². The molecule has 0 aliphatic carbocycles. The van der Waals surface area contributed by atoms with Gasteiger partial charge in [-0.3, -0.25) is 13.9 Å². The first kappa shape index (κ1) is 27.7. The topological polar surface area (TPSA) is 96.0 Å². The number of anilines is 1. The van der Waals surface area contributed by atoms with E-state index in [1.165, 1.54) is 31.2 Å². The van der Waals surface area contributed by atoms with Gasteiger partial charge in [-0.25, -0.2) is 8.42 Å². The summed E-state index contributed by atoms with van der Waals surface area (Å²) in [4.78, 5) is 28.0. The average Bonchev–Trinajstić information content (AvgIpc) is 2.91. The van der Waals surface area contributed by atoms with Crippen LogP contribution in [0.1, 0.15) is 24.5 Å². The molecule has 0 aliphatic rings. The van der Waals surface area contributed by atoms with E-state index in [-0.39, 0.29) is 17.3 Å². The maximum absolute atomic E-state index is 13.8. The summed E-state index contributed by atoms with van der Waals surface area (Å²) >= 11 is 0. The number of nitrogens with zero attached hydrogens (tertiary/aromatic N) is 2. The quantitative estimate of drug-likeness (QED) is 0.413. The molecule has 8 nitrogen and oxygen atoms in total. The van der Waals surface area contributed by atoms with Crippen molar-refractivity contribution in [3.05, 3.63) is 90.0 Å². The van der Waals surface area contributed by atoms with Crippen molar-refractivity contribution in [2.45, 2.75) is 37.8 Å². The van der Waals surface area contributed by atoms with E-state index in [9.17, 15) is 18.0 Å². The summed E-state index contributed by atoms with van der Waals surface area (Å²) in [5.74, 6) is -0.285. The molecule has 9 heteroatoms. The number of methoxy groups -OCH3 is 1. The lowest BCUT2D eigenvalue weighted by Crippen LogP contribution is -2.51. The Morgan fingerprint density at radius 2 is 1.65 bits per heavy atom. The van der Waals surface area contributed by atoms with Gasteiger partial charge in [0.15, 0.2) is 0 Å². The van der Waals surface area contributed by atoms with Gasteiger partial charge in [-0.2, -0.15) is 0 Å². The fraction of sp³-hybridized carbons (Fsp3) is 0.286. The lowest BCUT2D eigenvalue weighted by molar-refractivity contribution is -0.140. The Hall–Kier alpha value is -3.85. The normalized spacial score (nSPS) is 11.9. The van der Waals surface area contributed by atoms with Gasteiger partial charge in [0.1, 0.15) is 18.3 Å². The molecular formula is C28H33N3O5S. The Labute approximate surface area is 218 Å². The van der Waals surface area contributed by atoms with E-state index >= 15 is 0 Å². The van der Waals surface area contributed by atoms with Crippen LogP contribution < -0.4 is 14.4 Å². The molecule has 196 valence electrons. The number of hydrogen-bond acceptors (Lipinski definition) is 5. The number of carbonyl (C=O) groups excluding carboxylic acids is 2. The Bertz CT molecular complexity index is 1310. The molecule has 1 atom stereocenters. The highest BCUT2D eigenvalue weighted by Crippen LogP contribution is 2.26. The number of likely N-dealkylation sites (N-methyl/N-ethyl adjacent to an activating group) is 1. The van der Waals surface area contributed by atoms with Crippen molar-refractivity contribution in [3.63, 3.8) is 0 Å². The fourth-order valence-electron chi connectivity index (χ4n) is 4.09. The summed E-state index contributed by atoms with van der Waals surface area (Å²) in [6.45, 7) is 3.46. The molecule has 0 spiro atoms. The van der Waals surface area contributed by atoms with E-state index in [0.29, 0.717) is 17.9 Å². The van der Waals surface area contributed by atoms with E-state index in [4.69, 9.17) is 4.74 Å². The summed E-state index contributed by atoms with van der Waals surface area (Å²) in [6.07, 6.45) is 0.369. The Balaban J connectivity index is 2.03. The van der Waals surface area contributed by atoms with Crippen LogP contribution in [0.15, 0.2) is 83.8 Å². The SMILES string of the molecule is CCC(C(=O)NC)N(Cc1cccc(C)c1)C(=O)CN(c1ccccc1)S(=O)(=O)c1ccc(OC)cc1. The fourth-order valence-corrected chi connectivity index (χ4v) is 5.51. The molecule has 1 N–H and O–H groups in total. The molecule has 3 aromatic carbocycles. The monoisotopic (exact) mass is 523 g/mol. The smallest absolute Gasteiger partial charge is 0.264 e. The minimum Gasteiger partial charge on any atom is -0.497 e. The van der Waals surface area contributed by atoms with Gasteiger partial charge in [-0.05, 0) is 55.3 Å². The number of carbonyl (C=O) groups is 2. The molecule has 0 saturated heterocycles. The highest BCUT2D eigenvalue weighted by Gasteiger charge is 2.33. The second-order valence-electron chi connectivity index (χ2n) is 8.57. The van der Waals surface area contributed by atoms with Crippen molar-refractivity contribution in [2.75, 3.05) is 25.0 Å². The van der Waals surface area contributed by atoms with Crippen molar-refractivity contribution < 1.29 is 22.7 Å². The zero-order chi connectivity index (χ0) is 27.0. The van der Waals surface area contributed by atoms with Gasteiger partial charge in [0.2, 0.25) is 11.8 Å². The summed E-state index contributed by atoms with van der Waals surface area (Å²) < 4.78 is 33.7. The third-order valence-corrected chi connectivity index (χ3v) is 7.83. The van der Waals surface area contributed by atoms with Crippen LogP contribution in [0.4, 0.5) is 5.69 Å². The molecule has 3 rings (SSSR count). The molecule has 37 heavy (non-hydrogen) atoms. The Kier molecular flexibility index (Phi) is 9.30. The molecule has 0 aromatic heterocycles. The van der Waals surface area contributed by atoms with Crippen LogP contribution in [0.2, 0.25) is 0 Å². The summed E-state index contributed by atoms with van der Waals surface area (Å²) in [5, 5.41) is 2.62. The number of amides is 2. The van der Waals surface area contributed by atoms with Gasteiger partial charge < -0.3 is 15.0 Å². The van der Waals surface area contributed by atoms with Crippen LogP contribution in [0.25, 0.3) is 0 Å². The second-order valence-corrected chi connectivity index (χ2v) is 10.4. The van der Waals surface area contributed by atoms with Crippen LogP contribution in [0.5, 0.6) is 5.75 Å². The first-order valence-electron chi connectivity index (χ1n) is 12.0. The largest absolute Gasteiger partial charge is 0.497 e. The van der Waals surface area contributed by atoms with Crippen molar-refractivity contribution >= 4 is 27.5 Å². The standard InChI is InChI=1S/C28H33N3O5S/c1-5-26(28(33)29-3)30(19-22-11-9-10-21(2)18-22)27(32)20-31(23-12-7-6-8-13-23)37(34,35)25-16-14-24(36-4)15-17-25/h6-18,26H,5,19-20H2,1-4H3,(H,29,33). The Morgan fingerprint density at radius 3 is 2.22 bits per heavy atom. The van der Waals surface area contributed by atoms with E-state index in [0.717, 1.165) is 15.4 Å². The van der Waals surface area contributed by atoms with Crippen LogP contribution in [0.3, 0.4) is 0 Å². The number of para-hydroxylation sites is 1. The third kappa shape index (κ3) is 6.68. The van der Waals surface area contributed by atoms with Gasteiger partial charge >= 0.3 is 0 Å². The van der Waals surface area contributed by atoms with Crippen LogP contribution >= 0.6 is 0 Å². The minimum atomic E-state index is -4.12. The van der Waals surface area contributed by atoms with Gasteiger partial charge in [0, 0.05) is 13.6 Å². The molecular weight excluding hydrogens is 490 g/mol. The zero-order valence-corrected chi connectivity index (χ0v) is 22.4. The molecule has 0 radical (unpaired) electrons. The number of nitrogens with one attached hydrogen (secondary N) is 1. The summed E-state index contributed by atoms with van der Waals surface area (Å²) in [7, 11) is -1.10. The predicted octanol–water partition coefficient (Wildman–Crippen LogP) is 3.75. The lowest BCUT2D eigenvalue weighted by atomic mass is 10.1. The van der Waals surface area contributed by atoms with Crippen molar-refractivity contribution in [1.82, 2.24) is 10.2 Å². The highest BCUT2D eigenvalue weighted by molar-refractivity contribution is 7.92. The van der Waals surface area contributed by atoms with Gasteiger partial charge in [-0.1, -0.05) is 55.0 Å². The molecule has 1 unspecified atom stereocenters. The van der Waals surface area contributed by atoms with Crippen LogP contribution in [-0.4, -0.2) is 51.9 Å². The lowest BCUT2D eigenvalue weighted by Gasteiger charge is -2.33. The molecule has 0 saturated carbocycles. The van der Waals surface area contributed by atoms with Crippen LogP contribution in [0, 0.1) is 6.92 Å². The average molecular weight is 524 g/mol. The van der Waals surface area contributed by atoms with Crippen molar-refractivity contribution in [1.29, 1.82) is 0 Å². The van der Waals surface area contributed by atoms with E-state index in [2.05, 4.69) is 5.32 Å². The van der Waals surface area contributed by atoms with Crippen molar-refractivity contribution in [2.24, 2.45) is 0 Å². The van der Waals surface area contributed by atoms with E-state index < -0.39 is 28.5 Å². The predicted molar refractivity (Wildman–Crippen MR) is 144 cm³/mol. The molecule has 0 fully saturated rings. The molecule has 0 bridgehead atoms. The summed E-state index contributed by atoms with van der Waals surface area (Å²) in [5.41, 5.74) is 2.21. The van der Waals surface area contributed by atoms with Crippen molar-refractivity contribution in [3.8, 4) is 5.75 Å². The number of sulfonamides is 1. The number of ether oxygens (including phenoxy) is 1. The maximum Gasteiger partial charge on any atom is 0.264 e. The first-order chi connectivity index (χ1) is 17.7. The Morgan fingerprint density at radius 1 is 0.973 bits per heavy atom. The van der Waals surface area contributed by atoms with E-state index in [1.54, 1.807) is 42.5 Å². The third-order valence-electron chi connectivity index (χ3n) is 6.04. The molecule has 0 heterocycles. The van der Waals surface area contributed by atoms with Gasteiger partial charge in [0.25, 0.3) is 10.0 Å². The maximum atomic E-state index is 13.8. The number of hydrogen-bond donors (Lipinski definition) is 1. The first-order valence-corrected chi connectivity index (χ1v) is 13.4. The summed E-state index contributed by atoms with van der Waals surface area (Å²) in [6, 6.07) is 21.4. The number of aryl methyl sites for hydroxylation is 1. The molecule has 0 aliphatic heterocycles. The highest BCUT2D eigenvalue weighted by atomic mass is 32.2. The molecule has 3 aromatic rings. The minimum absolute atomic E-state index is 0.0218. The van der Waals surface area contributed by atoms with Gasteiger partial charge in [0.05, 0.1) is 17.7 Å². The van der Waals surface area contributed by atoms with E-state index in [1.807, 2.05) is 38.1 Å². The number of rotatable bonds is 11. The molecule has 2 amide bonds. The zero-order valence-electron chi connectivity index (χ0n) is 21.5. The van der Waals surface area contributed by atoms with Gasteiger partial charge in [-0.15, -0.1) is 0 Å².